The molecule has 11 heteroatoms. The molecule has 1 fully saturated rings. The maximum absolute atomic E-state index is 13.2. The van der Waals surface area contributed by atoms with E-state index in [4.69, 9.17) is 25.6 Å². The van der Waals surface area contributed by atoms with Gasteiger partial charge in [0.2, 0.25) is 10.0 Å². The monoisotopic (exact) mass is 491 g/mol. The molecule has 0 bridgehead atoms. The lowest BCUT2D eigenvalue weighted by Gasteiger charge is -2.27. The summed E-state index contributed by atoms with van der Waals surface area (Å²) < 4.78 is 43.8. The minimum Gasteiger partial charge on any atom is -0.492 e. The van der Waals surface area contributed by atoms with Gasteiger partial charge in [-0.05, 0) is 37.3 Å². The summed E-state index contributed by atoms with van der Waals surface area (Å²) in [6, 6.07) is 12.9. The van der Waals surface area contributed by atoms with Crippen LogP contribution in [0.15, 0.2) is 57.9 Å². The molecule has 1 N–H and O–H groups in total. The van der Waals surface area contributed by atoms with Gasteiger partial charge in [-0.1, -0.05) is 28.9 Å². The fourth-order valence-corrected chi connectivity index (χ4v) is 5.10. The van der Waals surface area contributed by atoms with E-state index in [-0.39, 0.29) is 35.1 Å². The van der Waals surface area contributed by atoms with Crippen LogP contribution in [0.4, 0.5) is 5.69 Å². The van der Waals surface area contributed by atoms with Gasteiger partial charge in [0.25, 0.3) is 5.91 Å². The zero-order chi connectivity index (χ0) is 23.4. The van der Waals surface area contributed by atoms with Crippen molar-refractivity contribution in [2.24, 2.45) is 0 Å². The number of aromatic nitrogens is 1. The first-order chi connectivity index (χ1) is 15.9. The smallest absolute Gasteiger partial charge is 0.277 e. The normalized spacial score (nSPS) is 14.7. The molecule has 1 amide bonds. The molecule has 33 heavy (non-hydrogen) atoms. The Labute approximate surface area is 196 Å². The van der Waals surface area contributed by atoms with Crippen LogP contribution in [-0.4, -0.2) is 56.7 Å². The van der Waals surface area contributed by atoms with Crippen molar-refractivity contribution in [2.75, 3.05) is 38.2 Å². The molecule has 4 rings (SSSR count). The van der Waals surface area contributed by atoms with Gasteiger partial charge in [-0.2, -0.15) is 4.31 Å². The average Bonchev–Trinajstić information content (AvgIpc) is 3.31. The second-order valence-electron chi connectivity index (χ2n) is 7.15. The predicted molar refractivity (Wildman–Crippen MR) is 122 cm³/mol. The van der Waals surface area contributed by atoms with Crippen molar-refractivity contribution in [3.63, 3.8) is 0 Å². The first kappa shape index (κ1) is 23.2. The van der Waals surface area contributed by atoms with Gasteiger partial charge in [0, 0.05) is 35.4 Å². The van der Waals surface area contributed by atoms with Crippen LogP contribution in [0.1, 0.15) is 17.4 Å². The summed E-state index contributed by atoms with van der Waals surface area (Å²) in [5.74, 6) is 0.0440. The topological polar surface area (TPSA) is 111 Å². The highest BCUT2D eigenvalue weighted by Gasteiger charge is 2.30. The Hall–Kier alpha value is -2.92. The molecular formula is C22H22ClN3O6S. The predicted octanol–water partition coefficient (Wildman–Crippen LogP) is 3.67. The third-order valence-corrected chi connectivity index (χ3v) is 7.10. The Morgan fingerprint density at radius 2 is 1.97 bits per heavy atom. The molecule has 0 radical (unpaired) electrons. The summed E-state index contributed by atoms with van der Waals surface area (Å²) in [7, 11) is -3.84. The summed E-state index contributed by atoms with van der Waals surface area (Å²) in [5.41, 5.74) is 0.994. The summed E-state index contributed by atoms with van der Waals surface area (Å²) in [6.07, 6.45) is 0. The number of ether oxygens (including phenoxy) is 2. The molecule has 2 aromatic carbocycles. The molecule has 3 aromatic rings. The summed E-state index contributed by atoms with van der Waals surface area (Å²) in [5, 5.41) is 7.01. The third-order valence-electron chi connectivity index (χ3n) is 4.94. The second-order valence-corrected chi connectivity index (χ2v) is 9.49. The molecule has 1 saturated heterocycles. The molecule has 0 unspecified atom stereocenters. The molecule has 174 valence electrons. The van der Waals surface area contributed by atoms with Crippen LogP contribution in [0.25, 0.3) is 11.3 Å². The Bertz CT molecular complexity index is 1250. The second kappa shape index (κ2) is 9.92. The van der Waals surface area contributed by atoms with E-state index in [2.05, 4.69) is 10.5 Å². The van der Waals surface area contributed by atoms with E-state index < -0.39 is 15.9 Å². The van der Waals surface area contributed by atoms with Crippen molar-refractivity contribution < 1.29 is 27.2 Å². The van der Waals surface area contributed by atoms with Crippen molar-refractivity contribution >= 4 is 33.2 Å². The highest BCUT2D eigenvalue weighted by atomic mass is 35.5. The van der Waals surface area contributed by atoms with Gasteiger partial charge >= 0.3 is 0 Å². The molecule has 0 aliphatic carbocycles. The van der Waals surface area contributed by atoms with Gasteiger partial charge in [-0.3, -0.25) is 4.79 Å². The van der Waals surface area contributed by atoms with Crippen molar-refractivity contribution in [1.29, 1.82) is 0 Å². The number of carbonyl (C=O) groups is 1. The number of nitrogens with zero attached hydrogens (tertiary/aromatic N) is 2. The SMILES string of the molecule is CCOc1ccc(NC(=O)c2cc(-c3cccc(Cl)c3)on2)cc1S(=O)(=O)N1CCOCC1. The number of morpholine rings is 1. The fraction of sp³-hybridized carbons (Fsp3) is 0.273. The Morgan fingerprint density at radius 1 is 1.18 bits per heavy atom. The first-order valence-electron chi connectivity index (χ1n) is 10.3. The number of hydrogen-bond donors (Lipinski definition) is 1. The van der Waals surface area contributed by atoms with Crippen LogP contribution in [0.5, 0.6) is 5.75 Å². The Kier molecular flexibility index (Phi) is 6.99. The maximum atomic E-state index is 13.2. The van der Waals surface area contributed by atoms with Gasteiger partial charge in [0.1, 0.15) is 10.6 Å². The maximum Gasteiger partial charge on any atom is 0.277 e. The van der Waals surface area contributed by atoms with Crippen molar-refractivity contribution in [3.8, 4) is 17.1 Å². The van der Waals surface area contributed by atoms with Gasteiger partial charge in [-0.25, -0.2) is 8.42 Å². The molecule has 0 atom stereocenters. The minimum absolute atomic E-state index is 0.0242. The van der Waals surface area contributed by atoms with E-state index in [1.165, 1.54) is 22.5 Å². The van der Waals surface area contributed by atoms with Crippen molar-refractivity contribution in [1.82, 2.24) is 9.46 Å². The number of halogens is 1. The molecule has 1 aromatic heterocycles. The number of hydrogen-bond acceptors (Lipinski definition) is 7. The lowest BCUT2D eigenvalue weighted by molar-refractivity contribution is 0.0729. The van der Waals surface area contributed by atoms with Crippen LogP contribution in [0, 0.1) is 0 Å². The number of benzene rings is 2. The minimum atomic E-state index is -3.84. The number of carbonyl (C=O) groups excluding carboxylic acids is 1. The molecular weight excluding hydrogens is 470 g/mol. The van der Waals surface area contributed by atoms with Crippen molar-refractivity contribution in [2.45, 2.75) is 11.8 Å². The molecule has 0 saturated carbocycles. The quantitative estimate of drug-likeness (QED) is 0.536. The largest absolute Gasteiger partial charge is 0.492 e. The Balaban J connectivity index is 1.58. The zero-order valence-corrected chi connectivity index (χ0v) is 19.4. The van der Waals surface area contributed by atoms with E-state index in [1.54, 1.807) is 37.3 Å². The lowest BCUT2D eigenvalue weighted by Crippen LogP contribution is -2.40. The number of rotatable bonds is 7. The number of nitrogens with one attached hydrogen (secondary N) is 1. The summed E-state index contributed by atoms with van der Waals surface area (Å²) in [4.78, 5) is 12.7. The van der Waals surface area contributed by atoms with Gasteiger partial charge in [0.05, 0.1) is 19.8 Å². The number of sulfonamides is 1. The Morgan fingerprint density at radius 3 is 2.70 bits per heavy atom. The van der Waals surface area contributed by atoms with Gasteiger partial charge < -0.3 is 19.3 Å². The molecule has 0 spiro atoms. The van der Waals surface area contributed by atoms with Gasteiger partial charge in [-0.15, -0.1) is 0 Å². The van der Waals surface area contributed by atoms with Crippen LogP contribution in [0.3, 0.4) is 0 Å². The highest BCUT2D eigenvalue weighted by Crippen LogP contribution is 2.31. The fourth-order valence-electron chi connectivity index (χ4n) is 3.34. The zero-order valence-electron chi connectivity index (χ0n) is 17.8. The molecule has 1 aliphatic rings. The average molecular weight is 492 g/mol. The summed E-state index contributed by atoms with van der Waals surface area (Å²) in [6.45, 7) is 3.19. The van der Waals surface area contributed by atoms with E-state index in [9.17, 15) is 13.2 Å². The first-order valence-corrected chi connectivity index (χ1v) is 12.1. The van der Waals surface area contributed by atoms with Crippen molar-refractivity contribution in [3.05, 3.63) is 59.2 Å². The summed E-state index contributed by atoms with van der Waals surface area (Å²) >= 11 is 6.00. The van der Waals surface area contributed by atoms with E-state index >= 15 is 0 Å². The molecule has 1 aliphatic heterocycles. The standard InChI is InChI=1S/C22H22ClN3O6S/c1-2-31-19-7-6-17(13-21(19)33(28,29)26-8-10-30-11-9-26)24-22(27)18-14-20(32-25-18)15-4-3-5-16(23)12-15/h3-7,12-14H,2,8-11H2,1H3,(H,24,27). The van der Waals surface area contributed by atoms with E-state index in [0.717, 1.165) is 0 Å². The van der Waals surface area contributed by atoms with Crippen LogP contribution < -0.4 is 10.1 Å². The van der Waals surface area contributed by atoms with E-state index in [1.807, 2.05) is 0 Å². The number of anilines is 1. The number of amides is 1. The van der Waals surface area contributed by atoms with Crippen LogP contribution in [-0.2, 0) is 14.8 Å². The highest BCUT2D eigenvalue weighted by molar-refractivity contribution is 7.89. The third kappa shape index (κ3) is 5.19. The molecule has 2 heterocycles. The lowest BCUT2D eigenvalue weighted by atomic mass is 10.1. The van der Waals surface area contributed by atoms with E-state index in [0.29, 0.717) is 36.2 Å². The van der Waals surface area contributed by atoms with Gasteiger partial charge in [0.15, 0.2) is 11.5 Å². The van der Waals surface area contributed by atoms with Crippen LogP contribution >= 0.6 is 11.6 Å². The van der Waals surface area contributed by atoms with Crippen LogP contribution in [0.2, 0.25) is 5.02 Å². The molecule has 9 nitrogen and oxygen atoms in total.